The van der Waals surface area contributed by atoms with Gasteiger partial charge in [0.2, 0.25) is 0 Å². The zero-order chi connectivity index (χ0) is 30.0. The molecule has 1 aromatic heterocycles. The number of anilines is 2. The number of para-hydroxylation sites is 2. The van der Waals surface area contributed by atoms with Crippen molar-refractivity contribution in [2.45, 2.75) is 25.2 Å². The monoisotopic (exact) mass is 593 g/mol. The van der Waals surface area contributed by atoms with Crippen LogP contribution in [0.15, 0.2) is 113 Å². The van der Waals surface area contributed by atoms with E-state index in [9.17, 15) is 13.2 Å². The predicted molar refractivity (Wildman–Crippen MR) is 171 cm³/mol. The Hall–Kier alpha value is -4.56. The molecule has 0 atom stereocenters. The molecule has 2 heterocycles. The van der Waals surface area contributed by atoms with Gasteiger partial charge in [-0.1, -0.05) is 60.2 Å². The Morgan fingerprint density at radius 2 is 1.53 bits per heavy atom. The van der Waals surface area contributed by atoms with Gasteiger partial charge in [-0.3, -0.25) is 9.10 Å². The molecular weight excluding hydrogens is 558 g/mol. The Bertz CT molecular complexity index is 1840. The van der Waals surface area contributed by atoms with Crippen molar-refractivity contribution in [1.29, 1.82) is 0 Å². The van der Waals surface area contributed by atoms with Gasteiger partial charge in [-0.2, -0.15) is 0 Å². The van der Waals surface area contributed by atoms with E-state index in [4.69, 9.17) is 4.42 Å². The van der Waals surface area contributed by atoms with Crippen LogP contribution in [-0.4, -0.2) is 51.9 Å². The molecule has 1 saturated heterocycles. The lowest BCUT2D eigenvalue weighted by atomic mass is 10.1. The molecule has 0 aliphatic carbocycles. The molecule has 7 nitrogen and oxygen atoms in total. The van der Waals surface area contributed by atoms with Crippen molar-refractivity contribution < 1.29 is 17.6 Å². The third-order valence-electron chi connectivity index (χ3n) is 8.13. The summed E-state index contributed by atoms with van der Waals surface area (Å²) in [7, 11) is -3.93. The fraction of sp³-hybridized carbons (Fsp3) is 0.229. The van der Waals surface area contributed by atoms with Crippen molar-refractivity contribution in [3.05, 3.63) is 126 Å². The van der Waals surface area contributed by atoms with Crippen molar-refractivity contribution in [3.8, 4) is 0 Å². The van der Waals surface area contributed by atoms with Gasteiger partial charge in [0.15, 0.2) is 0 Å². The number of piperazine rings is 1. The van der Waals surface area contributed by atoms with Crippen LogP contribution in [0.4, 0.5) is 11.4 Å². The summed E-state index contributed by atoms with van der Waals surface area (Å²) in [4.78, 5) is 17.4. The third-order valence-corrected chi connectivity index (χ3v) is 9.94. The molecule has 43 heavy (non-hydrogen) atoms. The van der Waals surface area contributed by atoms with Crippen LogP contribution < -0.4 is 9.21 Å². The maximum absolute atomic E-state index is 14.4. The van der Waals surface area contributed by atoms with Gasteiger partial charge in [0.05, 0.1) is 22.5 Å². The fourth-order valence-corrected chi connectivity index (χ4v) is 7.15. The van der Waals surface area contributed by atoms with Crippen molar-refractivity contribution in [2.24, 2.45) is 0 Å². The Balaban J connectivity index is 1.31. The average Bonchev–Trinajstić information content (AvgIpc) is 3.41. The Kier molecular flexibility index (Phi) is 7.95. The molecule has 4 aromatic carbocycles. The zero-order valence-electron chi connectivity index (χ0n) is 24.4. The van der Waals surface area contributed by atoms with E-state index in [0.29, 0.717) is 49.4 Å². The van der Waals surface area contributed by atoms with Crippen LogP contribution in [0.3, 0.4) is 0 Å². The molecule has 5 aromatic rings. The van der Waals surface area contributed by atoms with E-state index in [1.165, 1.54) is 4.31 Å². The number of hydrogen-bond donors (Lipinski definition) is 0. The second kappa shape index (κ2) is 12.0. The number of aryl methyl sites for hydroxylation is 2. The number of nitrogens with zero attached hydrogens (tertiary/aromatic N) is 3. The highest BCUT2D eigenvalue weighted by molar-refractivity contribution is 7.92. The molecule has 0 saturated carbocycles. The third kappa shape index (κ3) is 5.88. The minimum atomic E-state index is -3.93. The van der Waals surface area contributed by atoms with Gasteiger partial charge in [0.1, 0.15) is 5.58 Å². The molecular formula is C35H35N3O4S. The second-order valence-corrected chi connectivity index (χ2v) is 12.9. The normalized spacial score (nSPS) is 13.8. The zero-order valence-corrected chi connectivity index (χ0v) is 25.3. The number of carbonyl (C=O) groups excluding carboxylic acids is 1. The van der Waals surface area contributed by atoms with Gasteiger partial charge in [0, 0.05) is 43.7 Å². The maximum atomic E-state index is 14.4. The molecule has 0 bridgehead atoms. The summed E-state index contributed by atoms with van der Waals surface area (Å²) < 4.78 is 35.9. The first kappa shape index (κ1) is 28.6. The van der Waals surface area contributed by atoms with Crippen LogP contribution in [0.2, 0.25) is 0 Å². The van der Waals surface area contributed by atoms with Gasteiger partial charge < -0.3 is 14.2 Å². The van der Waals surface area contributed by atoms with E-state index >= 15 is 0 Å². The number of benzene rings is 4. The summed E-state index contributed by atoms with van der Waals surface area (Å²) >= 11 is 0. The second-order valence-electron chi connectivity index (χ2n) is 11.0. The maximum Gasteiger partial charge on any atom is 0.264 e. The Morgan fingerprint density at radius 3 is 2.28 bits per heavy atom. The molecule has 1 amide bonds. The standard InChI is InChI=1S/C35H35N3O4S/c1-26-12-14-29(15-13-26)35(39)37-22-20-36(21-23-37)32-10-6-7-11-33(32)38(19-18-28-8-4-3-5-9-28)43(40,41)30-16-17-34-31(24-30)27(2)25-42-34/h3-17,24-25H,18-23H2,1-2H3. The number of carbonyl (C=O) groups is 1. The molecule has 0 spiro atoms. The van der Waals surface area contributed by atoms with E-state index in [0.717, 1.165) is 27.8 Å². The smallest absolute Gasteiger partial charge is 0.264 e. The summed E-state index contributed by atoms with van der Waals surface area (Å²) in [5.41, 5.74) is 5.87. The largest absolute Gasteiger partial charge is 0.464 e. The lowest BCUT2D eigenvalue weighted by molar-refractivity contribution is 0.0747. The molecule has 0 N–H and O–H groups in total. The van der Waals surface area contributed by atoms with E-state index in [-0.39, 0.29) is 17.3 Å². The van der Waals surface area contributed by atoms with Gasteiger partial charge in [-0.15, -0.1) is 0 Å². The Morgan fingerprint density at radius 1 is 0.837 bits per heavy atom. The van der Waals surface area contributed by atoms with Crippen molar-refractivity contribution >= 4 is 38.3 Å². The summed E-state index contributed by atoms with van der Waals surface area (Å²) in [5.74, 6) is 0.0185. The van der Waals surface area contributed by atoms with Crippen LogP contribution >= 0.6 is 0 Å². The van der Waals surface area contributed by atoms with E-state index in [1.807, 2.05) is 97.6 Å². The minimum Gasteiger partial charge on any atom is -0.464 e. The van der Waals surface area contributed by atoms with Gasteiger partial charge in [-0.05, 0) is 73.9 Å². The molecule has 6 rings (SSSR count). The SMILES string of the molecule is Cc1ccc(C(=O)N2CCN(c3ccccc3N(CCc3ccccc3)S(=O)(=O)c3ccc4occ(C)c4c3)CC2)cc1. The average molecular weight is 594 g/mol. The first-order chi connectivity index (χ1) is 20.8. The summed E-state index contributed by atoms with van der Waals surface area (Å²) in [6.45, 7) is 6.49. The van der Waals surface area contributed by atoms with Crippen molar-refractivity contribution in [3.63, 3.8) is 0 Å². The molecule has 0 radical (unpaired) electrons. The number of amides is 1. The van der Waals surface area contributed by atoms with Crippen LogP contribution in [0.5, 0.6) is 0 Å². The molecule has 220 valence electrons. The van der Waals surface area contributed by atoms with Crippen LogP contribution in [0, 0.1) is 13.8 Å². The highest BCUT2D eigenvalue weighted by Crippen LogP contribution is 2.35. The molecule has 1 aliphatic rings. The first-order valence-electron chi connectivity index (χ1n) is 14.6. The van der Waals surface area contributed by atoms with Gasteiger partial charge in [0.25, 0.3) is 15.9 Å². The molecule has 8 heteroatoms. The van der Waals surface area contributed by atoms with E-state index in [1.54, 1.807) is 24.5 Å². The van der Waals surface area contributed by atoms with Crippen molar-refractivity contribution in [2.75, 3.05) is 41.9 Å². The van der Waals surface area contributed by atoms with Crippen LogP contribution in [0.1, 0.15) is 27.0 Å². The van der Waals surface area contributed by atoms with E-state index in [2.05, 4.69) is 4.90 Å². The van der Waals surface area contributed by atoms with E-state index < -0.39 is 10.0 Å². The van der Waals surface area contributed by atoms with Gasteiger partial charge in [-0.25, -0.2) is 8.42 Å². The molecule has 1 fully saturated rings. The summed E-state index contributed by atoms with van der Waals surface area (Å²) in [5, 5.41) is 0.784. The van der Waals surface area contributed by atoms with Crippen LogP contribution in [-0.2, 0) is 16.4 Å². The number of rotatable bonds is 8. The Labute approximate surface area is 253 Å². The van der Waals surface area contributed by atoms with Crippen LogP contribution in [0.25, 0.3) is 11.0 Å². The molecule has 1 aliphatic heterocycles. The van der Waals surface area contributed by atoms with Gasteiger partial charge >= 0.3 is 0 Å². The quantitative estimate of drug-likeness (QED) is 0.207. The first-order valence-corrected chi connectivity index (χ1v) is 16.0. The highest BCUT2D eigenvalue weighted by atomic mass is 32.2. The lowest BCUT2D eigenvalue weighted by Crippen LogP contribution is -2.49. The predicted octanol–water partition coefficient (Wildman–Crippen LogP) is 6.45. The summed E-state index contributed by atoms with van der Waals surface area (Å²) in [6.07, 6.45) is 2.20. The lowest BCUT2D eigenvalue weighted by Gasteiger charge is -2.38. The number of hydrogen-bond acceptors (Lipinski definition) is 5. The van der Waals surface area contributed by atoms with Crippen molar-refractivity contribution in [1.82, 2.24) is 4.90 Å². The summed E-state index contributed by atoms with van der Waals surface area (Å²) in [6, 6.07) is 30.3. The molecule has 0 unspecified atom stereocenters. The highest BCUT2D eigenvalue weighted by Gasteiger charge is 2.30. The number of furan rings is 1. The fourth-order valence-electron chi connectivity index (χ4n) is 5.64. The number of fused-ring (bicyclic) bond motifs is 1. The topological polar surface area (TPSA) is 74.1 Å². The number of sulfonamides is 1. The minimum absolute atomic E-state index is 0.0185.